The normalized spacial score (nSPS) is 18.9. The molecule has 0 aliphatic carbocycles. The van der Waals surface area contributed by atoms with Crippen molar-refractivity contribution in [2.45, 2.75) is 25.2 Å². The van der Waals surface area contributed by atoms with Crippen LogP contribution in [0.5, 0.6) is 0 Å². The van der Waals surface area contributed by atoms with Crippen LogP contribution < -0.4 is 0 Å². The minimum atomic E-state index is -1.25. The summed E-state index contributed by atoms with van der Waals surface area (Å²) >= 11 is 0. The molecule has 5 heteroatoms. The van der Waals surface area contributed by atoms with Crippen molar-refractivity contribution >= 4 is 12.4 Å². The topological polar surface area (TPSA) is 80.9 Å². The molecule has 0 aromatic heterocycles. The van der Waals surface area contributed by atoms with Crippen LogP contribution in [0.2, 0.25) is 0 Å². The number of aliphatic hydroxyl groups excluding tert-OH is 4. The van der Waals surface area contributed by atoms with E-state index >= 15 is 0 Å². The lowest BCUT2D eigenvalue weighted by molar-refractivity contribution is -0.0698. The molecular weight excluding hydrogens is 160 g/mol. The van der Waals surface area contributed by atoms with E-state index < -0.39 is 24.9 Å². The van der Waals surface area contributed by atoms with Gasteiger partial charge in [0.25, 0.3) is 0 Å². The maximum atomic E-state index is 8.73. The third kappa shape index (κ3) is 4.03. The summed E-state index contributed by atoms with van der Waals surface area (Å²) in [5, 5.41) is 34.2. The second-order valence-corrected chi connectivity index (χ2v) is 1.98. The molecular formula is C5H13ClO4. The van der Waals surface area contributed by atoms with Gasteiger partial charge < -0.3 is 20.4 Å². The number of rotatable bonds is 3. The summed E-state index contributed by atoms with van der Waals surface area (Å²) in [6, 6.07) is 0. The highest BCUT2D eigenvalue weighted by Crippen LogP contribution is 1.97. The number of aliphatic hydroxyl groups is 4. The summed E-state index contributed by atoms with van der Waals surface area (Å²) in [5.41, 5.74) is 0. The molecule has 3 unspecified atom stereocenters. The molecule has 0 spiro atoms. The average molecular weight is 173 g/mol. The fraction of sp³-hybridized carbons (Fsp3) is 1.00. The lowest BCUT2D eigenvalue weighted by atomic mass is 10.1. The van der Waals surface area contributed by atoms with Gasteiger partial charge in [0.1, 0.15) is 12.2 Å². The molecule has 0 aromatic carbocycles. The predicted octanol–water partition coefficient (Wildman–Crippen LogP) is -1.50. The number of halogens is 1. The van der Waals surface area contributed by atoms with Crippen LogP contribution in [0.1, 0.15) is 6.92 Å². The molecule has 10 heavy (non-hydrogen) atoms. The molecule has 0 aromatic rings. The van der Waals surface area contributed by atoms with Gasteiger partial charge in [0.15, 0.2) is 0 Å². The van der Waals surface area contributed by atoms with E-state index in [2.05, 4.69) is 0 Å². The molecule has 3 atom stereocenters. The average Bonchev–Trinajstić information content (AvgIpc) is 1.84. The molecule has 0 fully saturated rings. The van der Waals surface area contributed by atoms with Gasteiger partial charge in [0.2, 0.25) is 0 Å². The Kier molecular flexibility index (Phi) is 7.51. The van der Waals surface area contributed by atoms with Gasteiger partial charge in [0, 0.05) is 0 Å². The van der Waals surface area contributed by atoms with Crippen molar-refractivity contribution in [3.05, 3.63) is 0 Å². The summed E-state index contributed by atoms with van der Waals surface area (Å²) < 4.78 is 0. The third-order valence-corrected chi connectivity index (χ3v) is 1.08. The van der Waals surface area contributed by atoms with Crippen LogP contribution in [0.25, 0.3) is 0 Å². The zero-order chi connectivity index (χ0) is 7.44. The third-order valence-electron chi connectivity index (χ3n) is 1.08. The van der Waals surface area contributed by atoms with E-state index in [0.29, 0.717) is 0 Å². The van der Waals surface area contributed by atoms with Gasteiger partial charge >= 0.3 is 0 Å². The molecule has 0 aliphatic heterocycles. The smallest absolute Gasteiger partial charge is 0.108 e. The van der Waals surface area contributed by atoms with Crippen molar-refractivity contribution in [2.75, 3.05) is 6.61 Å². The van der Waals surface area contributed by atoms with Crippen LogP contribution in [0.15, 0.2) is 0 Å². The second-order valence-electron chi connectivity index (χ2n) is 1.98. The largest absolute Gasteiger partial charge is 0.394 e. The van der Waals surface area contributed by atoms with Gasteiger partial charge in [-0.15, -0.1) is 12.4 Å². The first-order valence-electron chi connectivity index (χ1n) is 2.74. The Morgan fingerprint density at radius 1 is 1.20 bits per heavy atom. The quantitative estimate of drug-likeness (QED) is 0.418. The van der Waals surface area contributed by atoms with E-state index in [4.69, 9.17) is 20.4 Å². The van der Waals surface area contributed by atoms with Gasteiger partial charge in [0.05, 0.1) is 12.7 Å². The minimum Gasteiger partial charge on any atom is -0.394 e. The Balaban J connectivity index is 0. The van der Waals surface area contributed by atoms with Gasteiger partial charge in [-0.05, 0) is 6.92 Å². The van der Waals surface area contributed by atoms with Crippen molar-refractivity contribution in [1.82, 2.24) is 0 Å². The first-order chi connectivity index (χ1) is 4.09. The van der Waals surface area contributed by atoms with Gasteiger partial charge in [-0.2, -0.15) is 0 Å². The standard InChI is InChI=1S/C5H12O4.ClH/c1-3(7)5(9)4(8)2-6;/h3-9H,2H2,1H3;1H. The van der Waals surface area contributed by atoms with E-state index in [-0.39, 0.29) is 12.4 Å². The zero-order valence-corrected chi connectivity index (χ0v) is 6.45. The van der Waals surface area contributed by atoms with E-state index in [1.807, 2.05) is 0 Å². The first-order valence-corrected chi connectivity index (χ1v) is 2.74. The SMILES string of the molecule is CC(O)C(O)C(O)CO.Cl. The Morgan fingerprint density at radius 3 is 1.70 bits per heavy atom. The number of hydrogen-bond acceptors (Lipinski definition) is 4. The van der Waals surface area contributed by atoms with Crippen molar-refractivity contribution in [2.24, 2.45) is 0 Å². The molecule has 0 amide bonds. The Morgan fingerprint density at radius 2 is 1.60 bits per heavy atom. The molecule has 0 saturated heterocycles. The Labute approximate surface area is 65.5 Å². The maximum Gasteiger partial charge on any atom is 0.108 e. The van der Waals surface area contributed by atoms with Crippen LogP contribution in [0, 0.1) is 0 Å². The van der Waals surface area contributed by atoms with Crippen molar-refractivity contribution < 1.29 is 20.4 Å². The van der Waals surface area contributed by atoms with Crippen LogP contribution in [0.4, 0.5) is 0 Å². The summed E-state index contributed by atoms with van der Waals surface area (Å²) in [4.78, 5) is 0. The molecule has 4 nitrogen and oxygen atoms in total. The molecule has 0 heterocycles. The monoisotopic (exact) mass is 172 g/mol. The molecule has 0 bridgehead atoms. The molecule has 64 valence electrons. The van der Waals surface area contributed by atoms with E-state index in [1.165, 1.54) is 6.92 Å². The first kappa shape index (κ1) is 12.8. The van der Waals surface area contributed by atoms with E-state index in [9.17, 15) is 0 Å². The highest BCUT2D eigenvalue weighted by atomic mass is 35.5. The highest BCUT2D eigenvalue weighted by molar-refractivity contribution is 5.85. The fourth-order valence-corrected chi connectivity index (χ4v) is 0.429. The summed E-state index contributed by atoms with van der Waals surface area (Å²) in [6.45, 7) is 0.801. The van der Waals surface area contributed by atoms with E-state index in [1.54, 1.807) is 0 Å². The predicted molar refractivity (Wildman–Crippen MR) is 38.0 cm³/mol. The summed E-state index contributed by atoms with van der Waals surface area (Å²) in [6.07, 6.45) is -3.51. The Bertz CT molecular complexity index is 78.0. The van der Waals surface area contributed by atoms with Crippen molar-refractivity contribution in [3.63, 3.8) is 0 Å². The molecule has 0 rings (SSSR count). The molecule has 0 radical (unpaired) electrons. The fourth-order valence-electron chi connectivity index (χ4n) is 0.429. The number of hydrogen-bond donors (Lipinski definition) is 4. The van der Waals surface area contributed by atoms with Crippen molar-refractivity contribution in [1.29, 1.82) is 0 Å². The molecule has 0 aliphatic rings. The van der Waals surface area contributed by atoms with Crippen LogP contribution in [0.3, 0.4) is 0 Å². The highest BCUT2D eigenvalue weighted by Gasteiger charge is 2.19. The van der Waals surface area contributed by atoms with Crippen LogP contribution >= 0.6 is 12.4 Å². The Hall–Kier alpha value is 0.130. The summed E-state index contributed by atoms with van der Waals surface area (Å²) in [7, 11) is 0. The zero-order valence-electron chi connectivity index (χ0n) is 5.64. The second kappa shape index (κ2) is 5.88. The lowest BCUT2D eigenvalue weighted by Gasteiger charge is -2.17. The summed E-state index contributed by atoms with van der Waals surface area (Å²) in [5.74, 6) is 0. The molecule has 0 saturated carbocycles. The molecule has 4 N–H and O–H groups in total. The van der Waals surface area contributed by atoms with Gasteiger partial charge in [-0.1, -0.05) is 0 Å². The van der Waals surface area contributed by atoms with Crippen molar-refractivity contribution in [3.8, 4) is 0 Å². The van der Waals surface area contributed by atoms with Crippen LogP contribution in [-0.2, 0) is 0 Å². The lowest BCUT2D eigenvalue weighted by Crippen LogP contribution is -2.37. The minimum absolute atomic E-state index is 0. The van der Waals surface area contributed by atoms with Crippen LogP contribution in [-0.4, -0.2) is 45.3 Å². The van der Waals surface area contributed by atoms with Gasteiger partial charge in [-0.3, -0.25) is 0 Å². The van der Waals surface area contributed by atoms with Gasteiger partial charge in [-0.25, -0.2) is 0 Å². The maximum absolute atomic E-state index is 8.73. The van der Waals surface area contributed by atoms with E-state index in [0.717, 1.165) is 0 Å².